The molecule has 2 heterocycles. The number of ether oxygens (including phenoxy) is 1. The van der Waals surface area contributed by atoms with Gasteiger partial charge >= 0.3 is 0 Å². The molecule has 1 aromatic rings. The molecule has 0 aromatic carbocycles. The number of aldehydes is 1. The monoisotopic (exact) mass is 228 g/mol. The number of anilines is 1. The van der Waals surface area contributed by atoms with Crippen LogP contribution in [0.5, 0.6) is 0 Å². The van der Waals surface area contributed by atoms with Gasteiger partial charge in [0.1, 0.15) is 5.15 Å². The van der Waals surface area contributed by atoms with Crippen LogP contribution in [0.2, 0.25) is 5.15 Å². The summed E-state index contributed by atoms with van der Waals surface area (Å²) in [5.74, 6) is 0. The van der Waals surface area contributed by atoms with Crippen LogP contribution in [0, 0.1) is 0 Å². The molecule has 1 fully saturated rings. The summed E-state index contributed by atoms with van der Waals surface area (Å²) in [6.45, 7) is 2.00. The van der Waals surface area contributed by atoms with E-state index < -0.39 is 0 Å². The number of hydrogen-bond acceptors (Lipinski definition) is 4. The molecule has 5 heteroatoms. The maximum atomic E-state index is 10.2. The molecule has 0 bridgehead atoms. The summed E-state index contributed by atoms with van der Waals surface area (Å²) < 4.78 is 4.94. The third-order valence-corrected chi connectivity index (χ3v) is 2.10. The molecule has 15 heavy (non-hydrogen) atoms. The highest BCUT2D eigenvalue weighted by Crippen LogP contribution is 2.12. The number of halogens is 1. The van der Waals surface area contributed by atoms with E-state index in [1.807, 2.05) is 0 Å². The van der Waals surface area contributed by atoms with Crippen molar-refractivity contribution in [1.29, 1.82) is 0 Å². The van der Waals surface area contributed by atoms with Crippen molar-refractivity contribution in [3.05, 3.63) is 23.0 Å². The van der Waals surface area contributed by atoms with Gasteiger partial charge in [0.15, 0.2) is 6.29 Å². The minimum Gasteiger partial charge on any atom is -0.398 e. The second kappa shape index (κ2) is 6.37. The Labute approximate surface area is 93.4 Å². The Hall–Kier alpha value is -1.13. The van der Waals surface area contributed by atoms with Crippen LogP contribution in [0.25, 0.3) is 0 Å². The maximum absolute atomic E-state index is 10.2. The quantitative estimate of drug-likeness (QED) is 0.589. The van der Waals surface area contributed by atoms with Gasteiger partial charge in [0, 0.05) is 25.1 Å². The number of carbonyl (C=O) groups is 1. The van der Waals surface area contributed by atoms with Crippen LogP contribution >= 0.6 is 11.6 Å². The third kappa shape index (κ3) is 4.27. The summed E-state index contributed by atoms with van der Waals surface area (Å²) in [6, 6.07) is 1.44. The highest BCUT2D eigenvalue weighted by Gasteiger charge is 1.97. The van der Waals surface area contributed by atoms with Gasteiger partial charge in [0.25, 0.3) is 0 Å². The molecule has 1 aliphatic rings. The van der Waals surface area contributed by atoms with Crippen LogP contribution in [-0.4, -0.2) is 24.5 Å². The molecule has 0 spiro atoms. The number of nitrogen functional groups attached to an aromatic ring is 1. The van der Waals surface area contributed by atoms with Crippen LogP contribution < -0.4 is 5.73 Å². The summed E-state index contributed by atoms with van der Waals surface area (Å²) in [5.41, 5.74) is 6.10. The first-order chi connectivity index (χ1) is 7.24. The second-order valence-corrected chi connectivity index (χ2v) is 3.46. The van der Waals surface area contributed by atoms with E-state index in [1.165, 1.54) is 25.1 Å². The Morgan fingerprint density at radius 3 is 2.53 bits per heavy atom. The van der Waals surface area contributed by atoms with Gasteiger partial charge in [-0.15, -0.1) is 0 Å². The molecular formula is C10H13ClN2O2. The van der Waals surface area contributed by atoms with Crippen LogP contribution in [0.15, 0.2) is 12.3 Å². The lowest BCUT2D eigenvalue weighted by Gasteiger charge is -1.95. The Morgan fingerprint density at radius 2 is 2.13 bits per heavy atom. The van der Waals surface area contributed by atoms with Gasteiger partial charge < -0.3 is 10.5 Å². The van der Waals surface area contributed by atoms with Crippen LogP contribution in [-0.2, 0) is 4.74 Å². The van der Waals surface area contributed by atoms with Gasteiger partial charge in [-0.05, 0) is 18.9 Å². The number of nitrogens with two attached hydrogens (primary N) is 1. The molecule has 2 rings (SSSR count). The largest absolute Gasteiger partial charge is 0.398 e. The molecule has 0 atom stereocenters. The van der Waals surface area contributed by atoms with E-state index in [2.05, 4.69) is 4.98 Å². The number of aromatic nitrogens is 1. The standard InChI is InChI=1S/C6H5ClN2O.C4H8O/c7-6-1-5(8)4(3-10)2-9-6;1-2-4-5-3-1/h1-3H,(H2,8,9);1-4H2. The molecule has 0 radical (unpaired) electrons. The lowest BCUT2D eigenvalue weighted by Crippen LogP contribution is -1.93. The molecule has 0 amide bonds. The Bertz CT molecular complexity index is 320. The normalized spacial score (nSPS) is 14.2. The predicted molar refractivity (Wildman–Crippen MR) is 59.1 cm³/mol. The first kappa shape index (κ1) is 11.9. The highest BCUT2D eigenvalue weighted by atomic mass is 35.5. The number of pyridine rings is 1. The third-order valence-electron chi connectivity index (χ3n) is 1.89. The van der Waals surface area contributed by atoms with E-state index in [1.54, 1.807) is 0 Å². The van der Waals surface area contributed by atoms with Crippen molar-refractivity contribution in [3.63, 3.8) is 0 Å². The SMILES string of the molecule is C1CCOC1.Nc1cc(Cl)ncc1C=O. The van der Waals surface area contributed by atoms with E-state index in [-0.39, 0.29) is 0 Å². The van der Waals surface area contributed by atoms with Crippen molar-refractivity contribution in [3.8, 4) is 0 Å². The molecule has 0 unspecified atom stereocenters. The molecular weight excluding hydrogens is 216 g/mol. The molecule has 0 aliphatic carbocycles. The fourth-order valence-electron chi connectivity index (χ4n) is 1.06. The van der Waals surface area contributed by atoms with Crippen molar-refractivity contribution in [2.75, 3.05) is 18.9 Å². The fraction of sp³-hybridized carbons (Fsp3) is 0.400. The van der Waals surface area contributed by atoms with E-state index in [0.29, 0.717) is 22.7 Å². The maximum Gasteiger partial charge on any atom is 0.153 e. The Balaban J connectivity index is 0.000000187. The summed E-state index contributed by atoms with van der Waals surface area (Å²) >= 11 is 5.47. The number of hydrogen-bond donors (Lipinski definition) is 1. The number of rotatable bonds is 1. The van der Waals surface area contributed by atoms with E-state index >= 15 is 0 Å². The van der Waals surface area contributed by atoms with Crippen LogP contribution in [0.1, 0.15) is 23.2 Å². The smallest absolute Gasteiger partial charge is 0.153 e. The predicted octanol–water partition coefficient (Wildman–Crippen LogP) is 1.93. The van der Waals surface area contributed by atoms with Gasteiger partial charge in [0.05, 0.1) is 5.56 Å². The van der Waals surface area contributed by atoms with Crippen molar-refractivity contribution in [2.24, 2.45) is 0 Å². The first-order valence-corrected chi connectivity index (χ1v) is 5.06. The van der Waals surface area contributed by atoms with Gasteiger partial charge in [-0.2, -0.15) is 0 Å². The number of nitrogens with zero attached hydrogens (tertiary/aromatic N) is 1. The van der Waals surface area contributed by atoms with E-state index in [0.717, 1.165) is 13.2 Å². The molecule has 1 saturated heterocycles. The topological polar surface area (TPSA) is 65.2 Å². The molecule has 1 aliphatic heterocycles. The molecule has 4 nitrogen and oxygen atoms in total. The minimum atomic E-state index is 0.295. The minimum absolute atomic E-state index is 0.295. The Morgan fingerprint density at radius 1 is 1.47 bits per heavy atom. The van der Waals surface area contributed by atoms with Crippen LogP contribution in [0.3, 0.4) is 0 Å². The average molecular weight is 229 g/mol. The van der Waals surface area contributed by atoms with E-state index in [4.69, 9.17) is 22.1 Å². The zero-order valence-corrected chi connectivity index (χ0v) is 9.04. The van der Waals surface area contributed by atoms with Gasteiger partial charge in [0.2, 0.25) is 0 Å². The fourth-order valence-corrected chi connectivity index (χ4v) is 1.23. The van der Waals surface area contributed by atoms with E-state index in [9.17, 15) is 4.79 Å². The zero-order valence-electron chi connectivity index (χ0n) is 8.28. The summed E-state index contributed by atoms with van der Waals surface area (Å²) in [5, 5.41) is 0.295. The summed E-state index contributed by atoms with van der Waals surface area (Å²) in [6.07, 6.45) is 4.53. The second-order valence-electron chi connectivity index (χ2n) is 3.07. The van der Waals surface area contributed by atoms with Crippen molar-refractivity contribution < 1.29 is 9.53 Å². The molecule has 2 N–H and O–H groups in total. The lowest BCUT2D eigenvalue weighted by atomic mass is 10.3. The van der Waals surface area contributed by atoms with Crippen molar-refractivity contribution in [1.82, 2.24) is 4.98 Å². The summed E-state index contributed by atoms with van der Waals surface area (Å²) in [4.78, 5) is 13.8. The van der Waals surface area contributed by atoms with Gasteiger partial charge in [-0.3, -0.25) is 4.79 Å². The zero-order chi connectivity index (χ0) is 11.1. The Kier molecular flexibility index (Phi) is 5.07. The van der Waals surface area contributed by atoms with Crippen LogP contribution in [0.4, 0.5) is 5.69 Å². The summed E-state index contributed by atoms with van der Waals surface area (Å²) in [7, 11) is 0. The average Bonchev–Trinajstić information content (AvgIpc) is 2.75. The molecule has 0 saturated carbocycles. The molecule has 1 aromatic heterocycles. The van der Waals surface area contributed by atoms with Gasteiger partial charge in [-0.1, -0.05) is 11.6 Å². The first-order valence-electron chi connectivity index (χ1n) is 4.68. The lowest BCUT2D eigenvalue weighted by molar-refractivity contribution is 0.112. The number of carbonyl (C=O) groups excluding carboxylic acids is 1. The van der Waals surface area contributed by atoms with Crippen molar-refractivity contribution >= 4 is 23.6 Å². The van der Waals surface area contributed by atoms with Crippen molar-refractivity contribution in [2.45, 2.75) is 12.8 Å². The highest BCUT2D eigenvalue weighted by molar-refractivity contribution is 6.29. The van der Waals surface area contributed by atoms with Gasteiger partial charge in [-0.25, -0.2) is 4.98 Å². The molecule has 82 valence electrons.